The van der Waals surface area contributed by atoms with E-state index in [0.717, 1.165) is 6.26 Å². The topological polar surface area (TPSA) is 101 Å². The van der Waals surface area contributed by atoms with E-state index in [1.165, 1.54) is 32.0 Å². The second-order valence-corrected chi connectivity index (χ2v) is 6.85. The number of benzene rings is 1. The molecule has 0 unspecified atom stereocenters. The van der Waals surface area contributed by atoms with Gasteiger partial charge in [-0.15, -0.1) is 0 Å². The summed E-state index contributed by atoms with van der Waals surface area (Å²) >= 11 is 5.90. The van der Waals surface area contributed by atoms with Crippen LogP contribution >= 0.6 is 11.6 Å². The van der Waals surface area contributed by atoms with Crippen LogP contribution in [0.2, 0.25) is 5.02 Å². The van der Waals surface area contributed by atoms with E-state index in [1.807, 2.05) is 0 Å². The first-order valence-electron chi connectivity index (χ1n) is 5.75. The molecular formula is C13H14ClNO5S. The predicted molar refractivity (Wildman–Crippen MR) is 79.2 cm³/mol. The number of halogens is 1. The molecule has 1 amide bonds. The number of nitrogens with one attached hydrogen (secondary N) is 1. The van der Waals surface area contributed by atoms with Gasteiger partial charge in [-0.25, -0.2) is 13.2 Å². The number of sulfone groups is 1. The van der Waals surface area contributed by atoms with Crippen LogP contribution in [0.15, 0.2) is 34.2 Å². The molecule has 0 aliphatic carbocycles. The van der Waals surface area contributed by atoms with Crippen molar-refractivity contribution in [3.8, 4) is 0 Å². The molecule has 0 aliphatic heterocycles. The maximum absolute atomic E-state index is 11.9. The fourth-order valence-electron chi connectivity index (χ4n) is 1.38. The zero-order valence-electron chi connectivity index (χ0n) is 11.6. The first-order chi connectivity index (χ1) is 9.54. The number of carboxylic acids is 1. The minimum atomic E-state index is -3.44. The van der Waals surface area contributed by atoms with Crippen LogP contribution in [0.3, 0.4) is 0 Å². The number of carbonyl (C=O) groups is 2. The molecular weight excluding hydrogens is 318 g/mol. The zero-order valence-corrected chi connectivity index (χ0v) is 13.2. The second-order valence-electron chi connectivity index (χ2n) is 4.42. The monoisotopic (exact) mass is 331 g/mol. The summed E-state index contributed by atoms with van der Waals surface area (Å²) in [6, 6.07) is 3.88. The lowest BCUT2D eigenvalue weighted by Gasteiger charge is -2.10. The Kier molecular flexibility index (Phi) is 5.14. The molecule has 0 aromatic heterocycles. The summed E-state index contributed by atoms with van der Waals surface area (Å²) in [6.07, 6.45) is 1.03. The van der Waals surface area contributed by atoms with Gasteiger partial charge < -0.3 is 10.4 Å². The lowest BCUT2D eigenvalue weighted by atomic mass is 10.1. The van der Waals surface area contributed by atoms with Gasteiger partial charge in [-0.1, -0.05) is 11.6 Å². The Morgan fingerprint density at radius 1 is 1.19 bits per heavy atom. The minimum absolute atomic E-state index is 0.00112. The lowest BCUT2D eigenvalue weighted by Crippen LogP contribution is -2.16. The average molecular weight is 332 g/mol. The fraction of sp³-hybridized carbons (Fsp3) is 0.231. The summed E-state index contributed by atoms with van der Waals surface area (Å²) in [5, 5.41) is 11.4. The molecule has 0 saturated heterocycles. The predicted octanol–water partition coefficient (Wildman–Crippen LogP) is 2.10. The van der Waals surface area contributed by atoms with Gasteiger partial charge in [-0.2, -0.15) is 0 Å². The van der Waals surface area contributed by atoms with Crippen LogP contribution in [0.25, 0.3) is 0 Å². The molecule has 21 heavy (non-hydrogen) atoms. The molecule has 0 radical (unpaired) electrons. The highest BCUT2D eigenvalue weighted by atomic mass is 35.5. The number of hydrogen-bond acceptors (Lipinski definition) is 4. The maximum atomic E-state index is 11.9. The molecule has 114 valence electrons. The van der Waals surface area contributed by atoms with Gasteiger partial charge in [-0.3, -0.25) is 4.79 Å². The van der Waals surface area contributed by atoms with Gasteiger partial charge in [0.2, 0.25) is 0 Å². The van der Waals surface area contributed by atoms with E-state index in [0.29, 0.717) is 0 Å². The normalized spacial score (nSPS) is 12.6. The number of aliphatic carboxylic acids is 1. The van der Waals surface area contributed by atoms with Gasteiger partial charge >= 0.3 is 5.97 Å². The Hall–Kier alpha value is -1.86. The van der Waals surface area contributed by atoms with E-state index in [9.17, 15) is 18.0 Å². The Morgan fingerprint density at radius 2 is 1.76 bits per heavy atom. The summed E-state index contributed by atoms with van der Waals surface area (Å²) in [7, 11) is -3.44. The van der Waals surface area contributed by atoms with Crippen molar-refractivity contribution in [3.63, 3.8) is 0 Å². The summed E-state index contributed by atoms with van der Waals surface area (Å²) in [6.45, 7) is 2.65. The van der Waals surface area contributed by atoms with Crippen LogP contribution in [0.4, 0.5) is 5.69 Å². The summed E-state index contributed by atoms with van der Waals surface area (Å²) < 4.78 is 22.9. The van der Waals surface area contributed by atoms with Gasteiger partial charge in [0.25, 0.3) is 5.91 Å². The van der Waals surface area contributed by atoms with Crippen molar-refractivity contribution in [2.24, 2.45) is 0 Å². The first-order valence-corrected chi connectivity index (χ1v) is 8.02. The molecule has 0 heterocycles. The summed E-state index contributed by atoms with van der Waals surface area (Å²) in [5.74, 6) is -1.87. The number of anilines is 1. The first kappa shape index (κ1) is 17.2. The van der Waals surface area contributed by atoms with Crippen molar-refractivity contribution >= 4 is 39.0 Å². The van der Waals surface area contributed by atoms with Gasteiger partial charge in [0.1, 0.15) is 0 Å². The van der Waals surface area contributed by atoms with Gasteiger partial charge in [0.05, 0.1) is 15.6 Å². The highest BCUT2D eigenvalue weighted by Gasteiger charge is 2.16. The van der Waals surface area contributed by atoms with Crippen molar-refractivity contribution in [3.05, 3.63) is 34.4 Å². The van der Waals surface area contributed by atoms with Crippen LogP contribution in [0, 0.1) is 0 Å². The van der Waals surface area contributed by atoms with Crippen molar-refractivity contribution in [1.29, 1.82) is 0 Å². The van der Waals surface area contributed by atoms with Crippen molar-refractivity contribution in [2.45, 2.75) is 18.7 Å². The molecule has 0 spiro atoms. The van der Waals surface area contributed by atoms with E-state index in [2.05, 4.69) is 5.32 Å². The van der Waals surface area contributed by atoms with Crippen LogP contribution in [0.1, 0.15) is 13.8 Å². The van der Waals surface area contributed by atoms with E-state index >= 15 is 0 Å². The van der Waals surface area contributed by atoms with Crippen LogP contribution < -0.4 is 5.32 Å². The number of hydrogen-bond donors (Lipinski definition) is 2. The minimum Gasteiger partial charge on any atom is -0.478 e. The van der Waals surface area contributed by atoms with Gasteiger partial charge in [0.15, 0.2) is 9.84 Å². The lowest BCUT2D eigenvalue weighted by molar-refractivity contribution is -0.133. The molecule has 1 rings (SSSR count). The smallest absolute Gasteiger partial charge is 0.331 e. The SMILES string of the molecule is CC(C(=O)O)=C(C)C(=O)Nc1cc(S(C)(=O)=O)ccc1Cl. The Balaban J connectivity index is 3.17. The third-order valence-electron chi connectivity index (χ3n) is 2.84. The second kappa shape index (κ2) is 6.28. The van der Waals surface area contributed by atoms with E-state index < -0.39 is 21.7 Å². The number of carboxylic acid groups (broad SMARTS) is 1. The van der Waals surface area contributed by atoms with Crippen LogP contribution in [-0.2, 0) is 19.4 Å². The maximum Gasteiger partial charge on any atom is 0.331 e. The third-order valence-corrected chi connectivity index (χ3v) is 4.28. The van der Waals surface area contributed by atoms with Crippen LogP contribution in [0.5, 0.6) is 0 Å². The van der Waals surface area contributed by atoms with Crippen molar-refractivity contribution in [2.75, 3.05) is 11.6 Å². The van der Waals surface area contributed by atoms with Crippen molar-refractivity contribution < 1.29 is 23.1 Å². The summed E-state index contributed by atoms with van der Waals surface area (Å²) in [5.41, 5.74) is -0.00616. The summed E-state index contributed by atoms with van der Waals surface area (Å²) in [4.78, 5) is 22.7. The molecule has 0 fully saturated rings. The molecule has 1 aromatic rings. The van der Waals surface area contributed by atoms with Gasteiger partial charge in [-0.05, 0) is 32.0 Å². The molecule has 0 bridgehead atoms. The van der Waals surface area contributed by atoms with E-state index in [-0.39, 0.29) is 26.8 Å². The third kappa shape index (κ3) is 4.30. The average Bonchev–Trinajstić information content (AvgIpc) is 2.37. The highest BCUT2D eigenvalue weighted by Crippen LogP contribution is 2.26. The Morgan fingerprint density at radius 3 is 2.24 bits per heavy atom. The number of amides is 1. The molecule has 0 atom stereocenters. The molecule has 2 N–H and O–H groups in total. The van der Waals surface area contributed by atoms with Crippen LogP contribution in [-0.4, -0.2) is 31.7 Å². The zero-order chi connectivity index (χ0) is 16.4. The van der Waals surface area contributed by atoms with Gasteiger partial charge in [0, 0.05) is 17.4 Å². The Labute approximate surface area is 127 Å². The van der Waals surface area contributed by atoms with Crippen molar-refractivity contribution in [1.82, 2.24) is 0 Å². The van der Waals surface area contributed by atoms with E-state index in [1.54, 1.807) is 0 Å². The molecule has 8 heteroatoms. The highest BCUT2D eigenvalue weighted by molar-refractivity contribution is 7.90. The molecule has 6 nitrogen and oxygen atoms in total. The number of carbonyl (C=O) groups excluding carboxylic acids is 1. The van der Waals surface area contributed by atoms with E-state index in [4.69, 9.17) is 16.7 Å². The largest absolute Gasteiger partial charge is 0.478 e. The number of rotatable bonds is 4. The molecule has 0 saturated carbocycles. The molecule has 1 aromatic carbocycles. The Bertz CT molecular complexity index is 737. The molecule has 0 aliphatic rings. The standard InChI is InChI=1S/C13H14ClNO5S/c1-7(8(2)13(17)18)12(16)15-11-6-9(21(3,19)20)4-5-10(11)14/h4-6H,1-3H3,(H,15,16)(H,17,18). The fourth-order valence-corrected chi connectivity index (χ4v) is 2.19. The quantitative estimate of drug-likeness (QED) is 0.823.